The van der Waals surface area contributed by atoms with E-state index in [1.165, 1.54) is 7.11 Å². The van der Waals surface area contributed by atoms with Gasteiger partial charge >= 0.3 is 6.09 Å². The van der Waals surface area contributed by atoms with Crippen molar-refractivity contribution in [1.29, 1.82) is 0 Å². The molecular weight excluding hydrogens is 286 g/mol. The highest BCUT2D eigenvalue weighted by Gasteiger charge is 2.39. The van der Waals surface area contributed by atoms with Crippen LogP contribution in [0.15, 0.2) is 6.07 Å². The van der Waals surface area contributed by atoms with Crippen LogP contribution in [-0.4, -0.2) is 25.7 Å². The summed E-state index contributed by atoms with van der Waals surface area (Å²) in [6, 6.07) is 1.66. The number of fused-ring (bicyclic) bond motifs is 1. The third-order valence-electron chi connectivity index (χ3n) is 3.33. The average Bonchev–Trinajstić information content (AvgIpc) is 2.75. The number of nitrogens with one attached hydrogen (secondary N) is 1. The predicted octanol–water partition coefficient (Wildman–Crippen LogP) is 1.98. The number of amides is 2. The molecule has 7 heteroatoms. The second-order valence-corrected chi connectivity index (χ2v) is 4.92. The topological polar surface area (TPSA) is 73.9 Å². The van der Waals surface area contributed by atoms with Gasteiger partial charge < -0.3 is 14.2 Å². The molecule has 1 N–H and O–H groups in total. The van der Waals surface area contributed by atoms with Crippen LogP contribution in [-0.2, 0) is 16.0 Å². The Hall–Kier alpha value is -1.95. The Bertz CT molecular complexity index is 601. The van der Waals surface area contributed by atoms with Crippen molar-refractivity contribution >= 4 is 23.6 Å². The van der Waals surface area contributed by atoms with Gasteiger partial charge in [-0.25, -0.2) is 4.79 Å². The fraction of sp³-hybridized carbons (Fsp3) is 0.385. The lowest BCUT2D eigenvalue weighted by Gasteiger charge is -2.24. The molecule has 1 atom stereocenters. The minimum absolute atomic E-state index is 0.318. The van der Waals surface area contributed by atoms with Crippen LogP contribution in [0.25, 0.3) is 0 Å². The van der Waals surface area contributed by atoms with Crippen LogP contribution in [0.2, 0.25) is 5.02 Å². The zero-order valence-electron chi connectivity index (χ0n) is 10.7. The SMILES string of the molecule is COc1c(Cl)cc2c(c1C1OC(=O)NC1=O)CCCO2. The number of ether oxygens (including phenoxy) is 3. The normalized spacial score (nSPS) is 20.8. The molecule has 1 fully saturated rings. The minimum Gasteiger partial charge on any atom is -0.495 e. The van der Waals surface area contributed by atoms with Gasteiger partial charge in [0.25, 0.3) is 5.91 Å². The summed E-state index contributed by atoms with van der Waals surface area (Å²) < 4.78 is 15.9. The number of rotatable bonds is 2. The first-order valence-corrected chi connectivity index (χ1v) is 6.53. The summed E-state index contributed by atoms with van der Waals surface area (Å²) >= 11 is 6.15. The largest absolute Gasteiger partial charge is 0.495 e. The summed E-state index contributed by atoms with van der Waals surface area (Å²) in [6.45, 7) is 0.589. The van der Waals surface area contributed by atoms with Gasteiger partial charge in [-0.2, -0.15) is 0 Å². The number of benzene rings is 1. The lowest BCUT2D eigenvalue weighted by molar-refractivity contribution is -0.123. The molecule has 0 aliphatic carbocycles. The molecule has 1 aromatic rings. The van der Waals surface area contributed by atoms with Crippen molar-refractivity contribution in [3.05, 3.63) is 22.2 Å². The number of carbonyl (C=O) groups excluding carboxylic acids is 2. The maximum Gasteiger partial charge on any atom is 0.415 e. The molecule has 1 aromatic carbocycles. The van der Waals surface area contributed by atoms with E-state index in [1.807, 2.05) is 0 Å². The van der Waals surface area contributed by atoms with Crippen LogP contribution < -0.4 is 14.8 Å². The maximum atomic E-state index is 11.9. The lowest BCUT2D eigenvalue weighted by atomic mass is 9.95. The third-order valence-corrected chi connectivity index (χ3v) is 3.61. The van der Waals surface area contributed by atoms with Gasteiger partial charge in [-0.1, -0.05) is 11.6 Å². The molecule has 106 valence electrons. The van der Waals surface area contributed by atoms with E-state index >= 15 is 0 Å². The Morgan fingerprint density at radius 3 is 2.90 bits per heavy atom. The van der Waals surface area contributed by atoms with E-state index in [-0.39, 0.29) is 0 Å². The Morgan fingerprint density at radius 2 is 2.25 bits per heavy atom. The number of halogens is 1. The second-order valence-electron chi connectivity index (χ2n) is 4.51. The van der Waals surface area contributed by atoms with Gasteiger partial charge in [0, 0.05) is 11.6 Å². The van der Waals surface area contributed by atoms with Gasteiger partial charge in [-0.05, 0) is 12.8 Å². The van der Waals surface area contributed by atoms with Crippen LogP contribution in [0.5, 0.6) is 11.5 Å². The molecule has 2 aliphatic rings. The summed E-state index contributed by atoms with van der Waals surface area (Å²) in [5.41, 5.74) is 1.27. The van der Waals surface area contributed by atoms with Crippen LogP contribution in [0.4, 0.5) is 4.79 Å². The Kier molecular flexibility index (Phi) is 3.17. The molecule has 3 rings (SSSR count). The minimum atomic E-state index is -1.05. The first kappa shape index (κ1) is 13.1. The van der Waals surface area contributed by atoms with Gasteiger partial charge in [0.15, 0.2) is 0 Å². The summed E-state index contributed by atoms with van der Waals surface area (Å²) in [4.78, 5) is 23.1. The highest BCUT2D eigenvalue weighted by Crippen LogP contribution is 2.44. The van der Waals surface area contributed by atoms with Gasteiger partial charge in [-0.3, -0.25) is 10.1 Å². The number of hydrogen-bond acceptors (Lipinski definition) is 5. The van der Waals surface area contributed by atoms with Crippen LogP contribution >= 0.6 is 11.6 Å². The van der Waals surface area contributed by atoms with Crippen LogP contribution in [0.3, 0.4) is 0 Å². The van der Waals surface area contributed by atoms with Gasteiger partial charge in [-0.15, -0.1) is 0 Å². The van der Waals surface area contributed by atoms with Crippen molar-refractivity contribution in [2.24, 2.45) is 0 Å². The molecule has 0 spiro atoms. The Balaban J connectivity index is 2.19. The second kappa shape index (κ2) is 4.86. The molecule has 1 unspecified atom stereocenters. The summed E-state index contributed by atoms with van der Waals surface area (Å²) in [6.07, 6.45) is -0.300. The average molecular weight is 298 g/mol. The number of carbonyl (C=O) groups is 2. The van der Waals surface area contributed by atoms with E-state index in [4.69, 9.17) is 25.8 Å². The van der Waals surface area contributed by atoms with E-state index in [0.717, 1.165) is 12.0 Å². The standard InChI is InChI=1S/C13H12ClNO5/c1-18-10-7(14)5-8-6(3-2-4-19-8)9(10)11-12(16)15-13(17)20-11/h5,11H,2-4H2,1H3,(H,15,16,17). The first-order chi connectivity index (χ1) is 9.61. The maximum absolute atomic E-state index is 11.9. The molecule has 2 heterocycles. The molecule has 0 saturated carbocycles. The van der Waals surface area contributed by atoms with E-state index in [0.29, 0.717) is 35.1 Å². The molecule has 20 heavy (non-hydrogen) atoms. The fourth-order valence-electron chi connectivity index (χ4n) is 2.51. The smallest absolute Gasteiger partial charge is 0.415 e. The van der Waals surface area contributed by atoms with E-state index in [1.54, 1.807) is 6.07 Å². The fourth-order valence-corrected chi connectivity index (χ4v) is 2.79. The highest BCUT2D eigenvalue weighted by molar-refractivity contribution is 6.32. The van der Waals surface area contributed by atoms with E-state index in [2.05, 4.69) is 5.32 Å². The highest BCUT2D eigenvalue weighted by atomic mass is 35.5. The molecule has 6 nitrogen and oxygen atoms in total. The number of methoxy groups -OCH3 is 1. The van der Waals surface area contributed by atoms with Crippen molar-refractivity contribution in [3.8, 4) is 11.5 Å². The lowest BCUT2D eigenvalue weighted by Crippen LogP contribution is -2.22. The van der Waals surface area contributed by atoms with E-state index < -0.39 is 18.1 Å². The van der Waals surface area contributed by atoms with Crippen molar-refractivity contribution in [1.82, 2.24) is 5.32 Å². The van der Waals surface area contributed by atoms with Gasteiger partial charge in [0.05, 0.1) is 24.3 Å². The number of cyclic esters (lactones) is 1. The van der Waals surface area contributed by atoms with Crippen molar-refractivity contribution in [3.63, 3.8) is 0 Å². The summed E-state index contributed by atoms with van der Waals surface area (Å²) in [5, 5.41) is 2.42. The van der Waals surface area contributed by atoms with Crippen molar-refractivity contribution in [2.45, 2.75) is 18.9 Å². The van der Waals surface area contributed by atoms with Crippen LogP contribution in [0, 0.1) is 0 Å². The van der Waals surface area contributed by atoms with Gasteiger partial charge in [0.2, 0.25) is 6.10 Å². The Morgan fingerprint density at radius 1 is 1.45 bits per heavy atom. The molecule has 0 bridgehead atoms. The van der Waals surface area contributed by atoms with E-state index in [9.17, 15) is 9.59 Å². The zero-order valence-corrected chi connectivity index (χ0v) is 11.5. The molecular formula is C13H12ClNO5. The van der Waals surface area contributed by atoms with Crippen molar-refractivity contribution < 1.29 is 23.8 Å². The monoisotopic (exact) mass is 297 g/mol. The number of hydrogen-bond donors (Lipinski definition) is 1. The summed E-state index contributed by atoms with van der Waals surface area (Å²) in [7, 11) is 1.45. The molecule has 2 aliphatic heterocycles. The van der Waals surface area contributed by atoms with Crippen molar-refractivity contribution in [2.75, 3.05) is 13.7 Å². The molecule has 0 radical (unpaired) electrons. The Labute approximate surface area is 119 Å². The third kappa shape index (κ3) is 1.96. The van der Waals surface area contributed by atoms with Crippen LogP contribution in [0.1, 0.15) is 23.7 Å². The molecule has 2 amide bonds. The quantitative estimate of drug-likeness (QED) is 0.903. The predicted molar refractivity (Wildman–Crippen MR) is 69.2 cm³/mol. The number of imide groups is 1. The molecule has 0 aromatic heterocycles. The number of alkyl carbamates (subject to hydrolysis) is 1. The zero-order chi connectivity index (χ0) is 14.3. The molecule has 1 saturated heterocycles. The summed E-state index contributed by atoms with van der Waals surface area (Å²) in [5.74, 6) is 0.418. The first-order valence-electron chi connectivity index (χ1n) is 6.15. The van der Waals surface area contributed by atoms with Gasteiger partial charge in [0.1, 0.15) is 11.5 Å².